The van der Waals surface area contributed by atoms with Crippen LogP contribution in [0.1, 0.15) is 11.3 Å². The standard InChI is InChI=1S/C11H10F5N3S/c1-20(19-7-17)5-4-8-2-3-9(18-6-8)10(12,13)11(14,15)16/h2-3,6H,4-5H2,1H3. The molecule has 9 heteroatoms. The number of nitrogens with zero attached hydrogens (tertiary/aromatic N) is 3. The first-order valence-corrected chi connectivity index (χ1v) is 7.07. The average molecular weight is 311 g/mol. The van der Waals surface area contributed by atoms with Gasteiger partial charge in [0.25, 0.3) is 0 Å². The van der Waals surface area contributed by atoms with Gasteiger partial charge in [-0.1, -0.05) is 16.8 Å². The monoisotopic (exact) mass is 311 g/mol. The molecular formula is C11H10F5N3S. The highest BCUT2D eigenvalue weighted by Gasteiger charge is 2.59. The first-order valence-electron chi connectivity index (χ1n) is 5.31. The molecule has 0 spiro atoms. The summed E-state index contributed by atoms with van der Waals surface area (Å²) < 4.78 is 65.9. The quantitative estimate of drug-likeness (QED) is 0.633. The lowest BCUT2D eigenvalue weighted by atomic mass is 10.1. The molecule has 0 fully saturated rings. The second-order valence-electron chi connectivity index (χ2n) is 3.87. The van der Waals surface area contributed by atoms with Crippen molar-refractivity contribution in [2.45, 2.75) is 18.5 Å². The number of aromatic nitrogens is 1. The van der Waals surface area contributed by atoms with E-state index in [-0.39, 0.29) is 0 Å². The highest BCUT2D eigenvalue weighted by atomic mass is 32.2. The summed E-state index contributed by atoms with van der Waals surface area (Å²) in [6.45, 7) is 0. The molecule has 0 amide bonds. The van der Waals surface area contributed by atoms with Crippen molar-refractivity contribution in [2.24, 2.45) is 4.36 Å². The van der Waals surface area contributed by atoms with Gasteiger partial charge in [0.1, 0.15) is 5.69 Å². The molecule has 0 N–H and O–H groups in total. The highest BCUT2D eigenvalue weighted by Crippen LogP contribution is 2.42. The molecule has 1 heterocycles. The summed E-state index contributed by atoms with van der Waals surface area (Å²) in [5.41, 5.74) is -0.815. The van der Waals surface area contributed by atoms with Crippen LogP contribution in [0.25, 0.3) is 0 Å². The van der Waals surface area contributed by atoms with Gasteiger partial charge in [-0.15, -0.1) is 0 Å². The second kappa shape index (κ2) is 6.26. The van der Waals surface area contributed by atoms with E-state index in [9.17, 15) is 22.0 Å². The maximum Gasteiger partial charge on any atom is 0.459 e. The van der Waals surface area contributed by atoms with Crippen molar-refractivity contribution in [1.29, 1.82) is 5.26 Å². The van der Waals surface area contributed by atoms with E-state index in [1.54, 1.807) is 12.4 Å². The molecular weight excluding hydrogens is 301 g/mol. The second-order valence-corrected chi connectivity index (χ2v) is 5.66. The number of halogens is 5. The van der Waals surface area contributed by atoms with Gasteiger partial charge in [-0.25, -0.2) is 0 Å². The van der Waals surface area contributed by atoms with E-state index in [1.165, 1.54) is 6.07 Å². The van der Waals surface area contributed by atoms with Crippen LogP contribution in [0.3, 0.4) is 0 Å². The summed E-state index contributed by atoms with van der Waals surface area (Å²) in [7, 11) is -0.499. The fourth-order valence-corrected chi connectivity index (χ4v) is 2.05. The first kappa shape index (κ1) is 16.5. The highest BCUT2D eigenvalue weighted by molar-refractivity contribution is 7.86. The normalized spacial score (nSPS) is 14.1. The number of rotatable bonds is 4. The smallest absolute Gasteiger partial charge is 0.254 e. The Kier molecular flexibility index (Phi) is 5.16. The summed E-state index contributed by atoms with van der Waals surface area (Å²) in [4.78, 5) is 3.18. The van der Waals surface area contributed by atoms with Gasteiger partial charge in [-0.05, 0) is 24.3 Å². The maximum atomic E-state index is 13.0. The van der Waals surface area contributed by atoms with E-state index in [1.807, 2.05) is 0 Å². The Morgan fingerprint density at radius 1 is 1.30 bits per heavy atom. The van der Waals surface area contributed by atoms with Crippen molar-refractivity contribution in [3.05, 3.63) is 29.6 Å². The third kappa shape index (κ3) is 3.96. The Bertz CT molecular complexity index is 530. The minimum absolute atomic E-state index is 0.398. The predicted octanol–water partition coefficient (Wildman–Crippen LogP) is 3.19. The zero-order valence-corrected chi connectivity index (χ0v) is 11.1. The molecule has 3 nitrogen and oxygen atoms in total. The van der Waals surface area contributed by atoms with Crippen LogP contribution in [0, 0.1) is 11.5 Å². The number of alkyl halides is 5. The lowest BCUT2D eigenvalue weighted by Gasteiger charge is -2.18. The van der Waals surface area contributed by atoms with Gasteiger partial charge in [0, 0.05) is 11.9 Å². The van der Waals surface area contributed by atoms with Crippen LogP contribution >= 0.6 is 0 Å². The molecule has 0 aliphatic carbocycles. The van der Waals surface area contributed by atoms with E-state index in [4.69, 9.17) is 5.26 Å². The van der Waals surface area contributed by atoms with Gasteiger partial charge >= 0.3 is 12.1 Å². The Morgan fingerprint density at radius 3 is 2.40 bits per heavy atom. The lowest BCUT2D eigenvalue weighted by molar-refractivity contribution is -0.290. The predicted molar refractivity (Wildman–Crippen MR) is 64.1 cm³/mol. The van der Waals surface area contributed by atoms with Crippen LogP contribution in [0.4, 0.5) is 22.0 Å². The molecule has 0 bridgehead atoms. The van der Waals surface area contributed by atoms with Crippen molar-refractivity contribution in [3.63, 3.8) is 0 Å². The molecule has 1 atom stereocenters. The van der Waals surface area contributed by atoms with Gasteiger partial charge in [0.2, 0.25) is 6.19 Å². The maximum absolute atomic E-state index is 13.0. The van der Waals surface area contributed by atoms with Gasteiger partial charge in [-0.3, -0.25) is 4.98 Å². The molecule has 20 heavy (non-hydrogen) atoms. The van der Waals surface area contributed by atoms with E-state index in [0.717, 1.165) is 6.20 Å². The van der Waals surface area contributed by atoms with Crippen molar-refractivity contribution in [3.8, 4) is 6.19 Å². The molecule has 0 aliphatic rings. The first-order chi connectivity index (χ1) is 9.18. The fourth-order valence-electron chi connectivity index (χ4n) is 1.28. The van der Waals surface area contributed by atoms with Crippen molar-refractivity contribution in [2.75, 3.05) is 12.0 Å². The molecule has 0 saturated heterocycles. The van der Waals surface area contributed by atoms with E-state index >= 15 is 0 Å². The van der Waals surface area contributed by atoms with Crippen molar-refractivity contribution < 1.29 is 22.0 Å². The molecule has 110 valence electrons. The molecule has 0 radical (unpaired) electrons. The van der Waals surface area contributed by atoms with Crippen LogP contribution in [0.5, 0.6) is 0 Å². The molecule has 0 aromatic carbocycles. The Balaban J connectivity index is 2.80. The van der Waals surface area contributed by atoms with Crippen LogP contribution in [0.2, 0.25) is 0 Å². The molecule has 1 rings (SSSR count). The Hall–Kier alpha value is -1.56. The van der Waals surface area contributed by atoms with Gasteiger partial charge < -0.3 is 0 Å². The van der Waals surface area contributed by atoms with Gasteiger partial charge in [0.05, 0.1) is 0 Å². The van der Waals surface area contributed by atoms with E-state index < -0.39 is 28.5 Å². The third-order valence-electron chi connectivity index (χ3n) is 2.39. The number of nitriles is 1. The van der Waals surface area contributed by atoms with Crippen LogP contribution < -0.4 is 0 Å². The lowest BCUT2D eigenvalue weighted by Crippen LogP contribution is -2.34. The van der Waals surface area contributed by atoms with Crippen molar-refractivity contribution in [1.82, 2.24) is 4.98 Å². The minimum atomic E-state index is -5.66. The molecule has 0 saturated carbocycles. The number of aryl methyl sites for hydroxylation is 1. The molecule has 0 aliphatic heterocycles. The molecule has 1 aromatic heterocycles. The fraction of sp³-hybridized carbons (Fsp3) is 0.455. The number of hydrogen-bond acceptors (Lipinski definition) is 3. The molecule has 1 aromatic rings. The average Bonchev–Trinajstić information content (AvgIpc) is 2.36. The summed E-state index contributed by atoms with van der Waals surface area (Å²) in [5.74, 6) is -4.46. The van der Waals surface area contributed by atoms with Gasteiger partial charge in [-0.2, -0.15) is 31.6 Å². The summed E-state index contributed by atoms with van der Waals surface area (Å²) in [5, 5.41) is 8.32. The van der Waals surface area contributed by atoms with E-state index in [2.05, 4.69) is 9.35 Å². The van der Waals surface area contributed by atoms with Gasteiger partial charge in [0.15, 0.2) is 0 Å². The SMILES string of the molecule is CS(CCc1ccc(C(F)(F)C(F)(F)F)nc1)=NC#N. The largest absolute Gasteiger partial charge is 0.459 e. The third-order valence-corrected chi connectivity index (χ3v) is 3.57. The van der Waals surface area contributed by atoms with E-state index in [0.29, 0.717) is 23.8 Å². The summed E-state index contributed by atoms with van der Waals surface area (Å²) >= 11 is 0. The zero-order valence-electron chi connectivity index (χ0n) is 10.3. The topological polar surface area (TPSA) is 49.0 Å². The van der Waals surface area contributed by atoms with Crippen LogP contribution in [-0.4, -0.2) is 23.2 Å². The summed E-state index contributed by atoms with van der Waals surface area (Å²) in [6.07, 6.45) is -0.909. The minimum Gasteiger partial charge on any atom is -0.254 e. The van der Waals surface area contributed by atoms with Crippen molar-refractivity contribution >= 4 is 10.7 Å². The Morgan fingerprint density at radius 2 is 1.95 bits per heavy atom. The summed E-state index contributed by atoms with van der Waals surface area (Å²) in [6, 6.07) is 1.84. The zero-order chi connectivity index (χ0) is 15.4. The van der Waals surface area contributed by atoms with Crippen LogP contribution in [0.15, 0.2) is 22.7 Å². The van der Waals surface area contributed by atoms with Crippen LogP contribution in [-0.2, 0) is 23.0 Å². The Labute approximate surface area is 114 Å². The number of hydrogen-bond donors (Lipinski definition) is 0. The molecule has 1 unspecified atom stereocenters. The number of pyridine rings is 1.